The van der Waals surface area contributed by atoms with Crippen LogP contribution in [0, 0.1) is 5.82 Å². The maximum absolute atomic E-state index is 13.7. The van der Waals surface area contributed by atoms with Crippen molar-refractivity contribution in [1.82, 2.24) is 5.32 Å². The number of halogens is 2. The van der Waals surface area contributed by atoms with Gasteiger partial charge in [-0.25, -0.2) is 4.39 Å². The monoisotopic (exact) mass is 283 g/mol. The van der Waals surface area contributed by atoms with Gasteiger partial charge in [0.25, 0.3) is 0 Å². The predicted octanol–water partition coefficient (Wildman–Crippen LogP) is 3.57. The number of hydrogen-bond donors (Lipinski definition) is 1. The maximum Gasteiger partial charge on any atom is 0.150 e. The van der Waals surface area contributed by atoms with Crippen molar-refractivity contribution in [3.05, 3.63) is 46.4 Å². The molecule has 0 saturated heterocycles. The highest BCUT2D eigenvalue weighted by atomic mass is 79.9. The molecule has 0 unspecified atom stereocenters. The summed E-state index contributed by atoms with van der Waals surface area (Å²) in [4.78, 5) is 0. The highest BCUT2D eigenvalue weighted by Gasteiger charge is 2.12. The van der Waals surface area contributed by atoms with E-state index in [1.807, 2.05) is 7.05 Å². The van der Waals surface area contributed by atoms with Gasteiger partial charge >= 0.3 is 0 Å². The van der Waals surface area contributed by atoms with E-state index in [4.69, 9.17) is 4.42 Å². The van der Waals surface area contributed by atoms with Crippen LogP contribution in [0.2, 0.25) is 0 Å². The molecule has 0 atom stereocenters. The molecule has 1 N–H and O–H groups in total. The third-order valence-corrected chi connectivity index (χ3v) is 2.90. The zero-order valence-electron chi connectivity index (χ0n) is 8.76. The third kappa shape index (κ3) is 2.18. The molecule has 16 heavy (non-hydrogen) atoms. The SMILES string of the molecule is CNCc1ccc(F)c(-c2occc2Br)c1. The fourth-order valence-corrected chi connectivity index (χ4v) is 1.96. The molecule has 0 fully saturated rings. The molecule has 0 spiro atoms. The van der Waals surface area contributed by atoms with Gasteiger partial charge in [-0.3, -0.25) is 0 Å². The number of nitrogens with one attached hydrogen (secondary N) is 1. The van der Waals surface area contributed by atoms with Crippen LogP contribution in [0.3, 0.4) is 0 Å². The average Bonchev–Trinajstić information content (AvgIpc) is 2.68. The topological polar surface area (TPSA) is 25.2 Å². The summed E-state index contributed by atoms with van der Waals surface area (Å²) < 4.78 is 19.7. The molecule has 0 amide bonds. The minimum atomic E-state index is -0.282. The van der Waals surface area contributed by atoms with Gasteiger partial charge in [0.2, 0.25) is 0 Å². The fraction of sp³-hybridized carbons (Fsp3) is 0.167. The molecule has 2 nitrogen and oxygen atoms in total. The zero-order valence-corrected chi connectivity index (χ0v) is 10.3. The van der Waals surface area contributed by atoms with E-state index in [1.165, 1.54) is 12.3 Å². The molecule has 2 rings (SSSR count). The van der Waals surface area contributed by atoms with Crippen LogP contribution < -0.4 is 5.32 Å². The Bertz CT molecular complexity index is 496. The van der Waals surface area contributed by atoms with Crippen molar-refractivity contribution in [2.24, 2.45) is 0 Å². The maximum atomic E-state index is 13.7. The van der Waals surface area contributed by atoms with Gasteiger partial charge in [0.05, 0.1) is 16.3 Å². The van der Waals surface area contributed by atoms with Gasteiger partial charge in [0.1, 0.15) is 5.82 Å². The van der Waals surface area contributed by atoms with Crippen LogP contribution in [0.25, 0.3) is 11.3 Å². The smallest absolute Gasteiger partial charge is 0.150 e. The molecule has 84 valence electrons. The minimum Gasteiger partial charge on any atom is -0.463 e. The van der Waals surface area contributed by atoms with E-state index in [9.17, 15) is 4.39 Å². The highest BCUT2D eigenvalue weighted by molar-refractivity contribution is 9.10. The molecular formula is C12H11BrFNO. The van der Waals surface area contributed by atoms with Crippen molar-refractivity contribution >= 4 is 15.9 Å². The molecule has 0 aliphatic rings. The van der Waals surface area contributed by atoms with Crippen LogP contribution in [0.4, 0.5) is 4.39 Å². The second-order valence-electron chi connectivity index (χ2n) is 3.44. The van der Waals surface area contributed by atoms with Gasteiger partial charge in [-0.1, -0.05) is 6.07 Å². The van der Waals surface area contributed by atoms with E-state index in [2.05, 4.69) is 21.2 Å². The van der Waals surface area contributed by atoms with E-state index in [0.717, 1.165) is 10.0 Å². The predicted molar refractivity (Wildman–Crippen MR) is 64.6 cm³/mol. The molecule has 0 saturated carbocycles. The van der Waals surface area contributed by atoms with Crippen molar-refractivity contribution in [2.75, 3.05) is 7.05 Å². The number of benzene rings is 1. The molecule has 0 aliphatic heterocycles. The van der Waals surface area contributed by atoms with Crippen LogP contribution in [-0.2, 0) is 6.54 Å². The largest absolute Gasteiger partial charge is 0.463 e. The number of rotatable bonds is 3. The minimum absolute atomic E-state index is 0.282. The Morgan fingerprint density at radius 3 is 2.81 bits per heavy atom. The highest BCUT2D eigenvalue weighted by Crippen LogP contribution is 2.31. The lowest BCUT2D eigenvalue weighted by Crippen LogP contribution is -2.05. The molecule has 2 aromatic rings. The van der Waals surface area contributed by atoms with Gasteiger partial charge in [-0.05, 0) is 46.7 Å². The van der Waals surface area contributed by atoms with Crippen molar-refractivity contribution in [2.45, 2.75) is 6.54 Å². The lowest BCUT2D eigenvalue weighted by atomic mass is 10.1. The first-order chi connectivity index (χ1) is 7.72. The Balaban J connectivity index is 2.47. The van der Waals surface area contributed by atoms with E-state index in [-0.39, 0.29) is 5.82 Å². The lowest BCUT2D eigenvalue weighted by Gasteiger charge is -2.05. The van der Waals surface area contributed by atoms with Crippen molar-refractivity contribution < 1.29 is 8.81 Å². The summed E-state index contributed by atoms with van der Waals surface area (Å²) >= 11 is 3.32. The zero-order chi connectivity index (χ0) is 11.5. The molecule has 1 aromatic carbocycles. The molecule has 0 bridgehead atoms. The Morgan fingerprint density at radius 1 is 1.38 bits per heavy atom. The Kier molecular flexibility index (Phi) is 3.41. The number of hydrogen-bond acceptors (Lipinski definition) is 2. The fourth-order valence-electron chi connectivity index (χ4n) is 1.55. The van der Waals surface area contributed by atoms with Crippen LogP contribution >= 0.6 is 15.9 Å². The lowest BCUT2D eigenvalue weighted by molar-refractivity contribution is 0.568. The first-order valence-corrected chi connectivity index (χ1v) is 5.68. The first-order valence-electron chi connectivity index (χ1n) is 4.88. The Hall–Kier alpha value is -1.13. The van der Waals surface area contributed by atoms with Gasteiger partial charge in [-0.15, -0.1) is 0 Å². The Morgan fingerprint density at radius 2 is 2.19 bits per heavy atom. The van der Waals surface area contributed by atoms with Gasteiger partial charge in [0.15, 0.2) is 5.76 Å². The summed E-state index contributed by atoms with van der Waals surface area (Å²) in [5.74, 6) is 0.242. The van der Waals surface area contributed by atoms with E-state index < -0.39 is 0 Å². The molecular weight excluding hydrogens is 273 g/mol. The van der Waals surface area contributed by atoms with Gasteiger partial charge < -0.3 is 9.73 Å². The van der Waals surface area contributed by atoms with Crippen molar-refractivity contribution in [3.63, 3.8) is 0 Å². The summed E-state index contributed by atoms with van der Waals surface area (Å²) in [5.41, 5.74) is 1.49. The summed E-state index contributed by atoms with van der Waals surface area (Å²) in [7, 11) is 1.85. The van der Waals surface area contributed by atoms with E-state index in [1.54, 1.807) is 18.2 Å². The third-order valence-electron chi connectivity index (χ3n) is 2.27. The Labute approximate surface area is 102 Å². The van der Waals surface area contributed by atoms with Crippen molar-refractivity contribution in [3.8, 4) is 11.3 Å². The second kappa shape index (κ2) is 4.80. The molecule has 0 radical (unpaired) electrons. The average molecular weight is 284 g/mol. The van der Waals surface area contributed by atoms with Crippen molar-refractivity contribution in [1.29, 1.82) is 0 Å². The van der Waals surface area contributed by atoms with E-state index >= 15 is 0 Å². The van der Waals surface area contributed by atoms with Crippen LogP contribution in [0.1, 0.15) is 5.56 Å². The number of furan rings is 1. The summed E-state index contributed by atoms with van der Waals surface area (Å²) in [6.45, 7) is 0.700. The summed E-state index contributed by atoms with van der Waals surface area (Å²) in [6, 6.07) is 6.75. The van der Waals surface area contributed by atoms with Crippen LogP contribution in [-0.4, -0.2) is 7.05 Å². The molecule has 0 aliphatic carbocycles. The quantitative estimate of drug-likeness (QED) is 0.932. The van der Waals surface area contributed by atoms with E-state index in [0.29, 0.717) is 17.9 Å². The standard InChI is InChI=1S/C12H11BrFNO/c1-15-7-8-2-3-11(14)9(6-8)12-10(13)4-5-16-12/h2-6,15H,7H2,1H3. The summed E-state index contributed by atoms with van der Waals surface area (Å²) in [5, 5.41) is 3.03. The van der Waals surface area contributed by atoms with Crippen LogP contribution in [0.15, 0.2) is 39.4 Å². The van der Waals surface area contributed by atoms with Crippen LogP contribution in [0.5, 0.6) is 0 Å². The molecule has 1 heterocycles. The molecule has 1 aromatic heterocycles. The van der Waals surface area contributed by atoms with Gasteiger partial charge in [-0.2, -0.15) is 0 Å². The summed E-state index contributed by atoms with van der Waals surface area (Å²) in [6.07, 6.45) is 1.53. The normalized spacial score (nSPS) is 10.7. The first kappa shape index (κ1) is 11.4. The van der Waals surface area contributed by atoms with Gasteiger partial charge in [0, 0.05) is 6.54 Å². The second-order valence-corrected chi connectivity index (χ2v) is 4.30. The molecule has 4 heteroatoms.